The first-order chi connectivity index (χ1) is 4.74. The van der Waals surface area contributed by atoms with Crippen LogP contribution < -0.4 is 0 Å². The van der Waals surface area contributed by atoms with Crippen molar-refractivity contribution in [2.24, 2.45) is 0 Å². The molecule has 0 bridgehead atoms. The van der Waals surface area contributed by atoms with E-state index >= 15 is 0 Å². The summed E-state index contributed by atoms with van der Waals surface area (Å²) in [5, 5.41) is 0. The maximum absolute atomic E-state index is 11.3. The SMILES string of the molecule is C=CC(=O)OC(C=C)OF. The van der Waals surface area contributed by atoms with Gasteiger partial charge in [0.15, 0.2) is 0 Å². The van der Waals surface area contributed by atoms with Gasteiger partial charge >= 0.3 is 5.97 Å². The number of ether oxygens (including phenoxy) is 1. The van der Waals surface area contributed by atoms with E-state index in [4.69, 9.17) is 0 Å². The van der Waals surface area contributed by atoms with Crippen molar-refractivity contribution in [3.63, 3.8) is 0 Å². The highest BCUT2D eigenvalue weighted by Gasteiger charge is 2.07. The molecule has 0 aliphatic carbocycles. The Kier molecular flexibility index (Phi) is 4.15. The van der Waals surface area contributed by atoms with E-state index in [1.165, 1.54) is 0 Å². The van der Waals surface area contributed by atoms with Gasteiger partial charge in [0.05, 0.1) is 0 Å². The molecule has 0 N–H and O–H groups in total. The van der Waals surface area contributed by atoms with Crippen molar-refractivity contribution in [1.82, 2.24) is 0 Å². The lowest BCUT2D eigenvalue weighted by molar-refractivity contribution is -0.245. The van der Waals surface area contributed by atoms with Crippen molar-refractivity contribution in [3.8, 4) is 0 Å². The predicted molar refractivity (Wildman–Crippen MR) is 32.5 cm³/mol. The Labute approximate surface area is 57.6 Å². The van der Waals surface area contributed by atoms with Gasteiger partial charge < -0.3 is 4.74 Å². The third kappa shape index (κ3) is 2.99. The molecule has 0 aromatic heterocycles. The molecule has 0 aliphatic rings. The van der Waals surface area contributed by atoms with Crippen LogP contribution in [0.4, 0.5) is 4.53 Å². The van der Waals surface area contributed by atoms with Crippen LogP contribution in [0.3, 0.4) is 0 Å². The summed E-state index contributed by atoms with van der Waals surface area (Å²) < 4.78 is 15.5. The van der Waals surface area contributed by atoms with E-state index in [0.717, 1.165) is 12.2 Å². The normalized spacial score (nSPS) is 11.7. The standard InChI is InChI=1S/C6H7FO3/c1-3-5(8)9-6(4-2)10-7/h3-4,6H,1-2H2. The lowest BCUT2D eigenvalue weighted by Gasteiger charge is -2.05. The molecule has 0 spiro atoms. The van der Waals surface area contributed by atoms with Crippen molar-refractivity contribution in [3.05, 3.63) is 25.3 Å². The fourth-order valence-electron chi connectivity index (χ4n) is 0.265. The summed E-state index contributed by atoms with van der Waals surface area (Å²) in [5.41, 5.74) is 0. The zero-order chi connectivity index (χ0) is 7.98. The van der Waals surface area contributed by atoms with Crippen LogP contribution in [-0.2, 0) is 14.5 Å². The zero-order valence-corrected chi connectivity index (χ0v) is 5.25. The zero-order valence-electron chi connectivity index (χ0n) is 5.25. The van der Waals surface area contributed by atoms with E-state index in [1.54, 1.807) is 0 Å². The molecular formula is C6H7FO3. The first-order valence-corrected chi connectivity index (χ1v) is 2.47. The van der Waals surface area contributed by atoms with Crippen LogP contribution in [0, 0.1) is 0 Å². The second kappa shape index (κ2) is 4.69. The third-order valence-electron chi connectivity index (χ3n) is 0.679. The second-order valence-corrected chi connectivity index (χ2v) is 1.33. The van der Waals surface area contributed by atoms with Gasteiger partial charge in [-0.2, -0.15) is 0 Å². The number of carbonyl (C=O) groups is 1. The third-order valence-corrected chi connectivity index (χ3v) is 0.679. The van der Waals surface area contributed by atoms with Crippen LogP contribution in [0.2, 0.25) is 0 Å². The summed E-state index contributed by atoms with van der Waals surface area (Å²) >= 11 is 0. The Morgan fingerprint density at radius 3 is 2.50 bits per heavy atom. The molecule has 0 radical (unpaired) electrons. The van der Waals surface area contributed by atoms with Crippen LogP contribution in [0.1, 0.15) is 0 Å². The van der Waals surface area contributed by atoms with Crippen LogP contribution in [0.5, 0.6) is 0 Å². The molecule has 0 aromatic carbocycles. The summed E-state index contributed by atoms with van der Waals surface area (Å²) in [5.74, 6) is -0.762. The fourth-order valence-corrected chi connectivity index (χ4v) is 0.265. The van der Waals surface area contributed by atoms with Gasteiger partial charge in [-0.3, -0.25) is 0 Å². The topological polar surface area (TPSA) is 35.5 Å². The molecule has 0 fully saturated rings. The maximum Gasteiger partial charge on any atom is 0.332 e. The van der Waals surface area contributed by atoms with Gasteiger partial charge in [-0.05, 0) is 10.6 Å². The van der Waals surface area contributed by atoms with Crippen molar-refractivity contribution >= 4 is 5.97 Å². The highest BCUT2D eigenvalue weighted by atomic mass is 19.3. The van der Waals surface area contributed by atoms with Crippen molar-refractivity contribution < 1.29 is 19.0 Å². The molecule has 56 valence electrons. The van der Waals surface area contributed by atoms with Gasteiger partial charge in [-0.1, -0.05) is 13.2 Å². The van der Waals surface area contributed by atoms with Crippen molar-refractivity contribution in [2.45, 2.75) is 6.29 Å². The lowest BCUT2D eigenvalue weighted by atomic mass is 10.6. The Morgan fingerprint density at radius 2 is 2.20 bits per heavy atom. The second-order valence-electron chi connectivity index (χ2n) is 1.33. The largest absolute Gasteiger partial charge is 0.426 e. The number of carbonyl (C=O) groups excluding carboxylic acids is 1. The van der Waals surface area contributed by atoms with E-state index in [0.29, 0.717) is 0 Å². The van der Waals surface area contributed by atoms with Gasteiger partial charge in [0.1, 0.15) is 0 Å². The van der Waals surface area contributed by atoms with Crippen LogP contribution >= 0.6 is 0 Å². The number of hydrogen-bond acceptors (Lipinski definition) is 3. The Balaban J connectivity index is 3.73. The summed E-state index contributed by atoms with van der Waals surface area (Å²) in [4.78, 5) is 13.5. The number of halogens is 1. The Morgan fingerprint density at radius 1 is 1.60 bits per heavy atom. The first kappa shape index (κ1) is 8.84. The molecule has 10 heavy (non-hydrogen) atoms. The van der Waals surface area contributed by atoms with Gasteiger partial charge in [0, 0.05) is 6.08 Å². The van der Waals surface area contributed by atoms with E-state index < -0.39 is 12.3 Å². The Bertz CT molecular complexity index is 144. The fraction of sp³-hybridized carbons (Fsp3) is 0.167. The summed E-state index contributed by atoms with van der Waals surface area (Å²) in [6, 6.07) is 0. The predicted octanol–water partition coefficient (Wildman–Crippen LogP) is 1.13. The summed E-state index contributed by atoms with van der Waals surface area (Å²) in [6.45, 7) is 6.24. The molecule has 0 saturated heterocycles. The highest BCUT2D eigenvalue weighted by molar-refractivity contribution is 5.81. The van der Waals surface area contributed by atoms with E-state index in [1.807, 2.05) is 0 Å². The molecule has 0 aromatic rings. The molecule has 1 atom stereocenters. The van der Waals surface area contributed by atoms with Crippen LogP contribution in [0.15, 0.2) is 25.3 Å². The monoisotopic (exact) mass is 146 g/mol. The molecule has 0 rings (SSSR count). The lowest BCUT2D eigenvalue weighted by Crippen LogP contribution is -2.13. The van der Waals surface area contributed by atoms with E-state index in [-0.39, 0.29) is 0 Å². The van der Waals surface area contributed by atoms with Crippen molar-refractivity contribution in [2.75, 3.05) is 0 Å². The van der Waals surface area contributed by atoms with Crippen LogP contribution in [0.25, 0.3) is 0 Å². The maximum atomic E-state index is 11.3. The molecule has 0 saturated carbocycles. The van der Waals surface area contributed by atoms with Gasteiger partial charge in [-0.25, -0.2) is 4.79 Å². The summed E-state index contributed by atoms with van der Waals surface area (Å²) in [7, 11) is 0. The van der Waals surface area contributed by atoms with Crippen LogP contribution in [-0.4, -0.2) is 12.3 Å². The quantitative estimate of drug-likeness (QED) is 0.258. The van der Waals surface area contributed by atoms with Gasteiger partial charge in [-0.15, -0.1) is 4.94 Å². The molecule has 1 unspecified atom stereocenters. The molecule has 0 aliphatic heterocycles. The van der Waals surface area contributed by atoms with Crippen molar-refractivity contribution in [1.29, 1.82) is 0 Å². The minimum absolute atomic E-state index is 0.762. The van der Waals surface area contributed by atoms with E-state index in [2.05, 4.69) is 22.8 Å². The smallest absolute Gasteiger partial charge is 0.332 e. The average molecular weight is 146 g/mol. The minimum Gasteiger partial charge on any atom is -0.426 e. The first-order valence-electron chi connectivity index (χ1n) is 2.47. The average Bonchev–Trinajstić information content (AvgIpc) is 1.99. The molecule has 4 heteroatoms. The van der Waals surface area contributed by atoms with E-state index in [9.17, 15) is 9.32 Å². The summed E-state index contributed by atoms with van der Waals surface area (Å²) in [6.07, 6.45) is 0.558. The van der Waals surface area contributed by atoms with Gasteiger partial charge in [0.25, 0.3) is 6.29 Å². The number of esters is 1. The molecular weight excluding hydrogens is 139 g/mol. The van der Waals surface area contributed by atoms with Gasteiger partial charge in [0.2, 0.25) is 0 Å². The number of hydrogen-bond donors (Lipinski definition) is 0. The minimum atomic E-state index is -1.34. The Hall–Kier alpha value is -1.16. The molecule has 3 nitrogen and oxygen atoms in total. The molecule has 0 heterocycles. The highest BCUT2D eigenvalue weighted by Crippen LogP contribution is 1.96. The number of rotatable bonds is 4. The molecule has 0 amide bonds.